The number of nitrogens with zero attached hydrogens (tertiary/aromatic N) is 2. The zero-order valence-corrected chi connectivity index (χ0v) is 16.0. The van der Waals surface area contributed by atoms with Crippen molar-refractivity contribution in [2.45, 2.75) is 19.8 Å². The normalized spacial score (nSPS) is 13.2. The smallest absolute Gasteiger partial charge is 0.260 e. The van der Waals surface area contributed by atoms with Gasteiger partial charge in [-0.25, -0.2) is 4.68 Å². The fraction of sp³-hybridized carbons (Fsp3) is 0.190. The third-order valence-corrected chi connectivity index (χ3v) is 4.94. The van der Waals surface area contributed by atoms with Crippen LogP contribution in [-0.2, 0) is 4.79 Å². The molecule has 0 atom stereocenters. The van der Waals surface area contributed by atoms with Crippen LogP contribution in [0, 0.1) is 12.8 Å². The summed E-state index contributed by atoms with van der Waals surface area (Å²) in [7, 11) is 0. The zero-order chi connectivity index (χ0) is 19.7. The number of para-hydroxylation sites is 1. The van der Waals surface area contributed by atoms with Crippen molar-refractivity contribution in [3.8, 4) is 5.69 Å². The Morgan fingerprint density at radius 3 is 2.21 bits per heavy atom. The highest BCUT2D eigenvalue weighted by molar-refractivity contribution is 6.34. The molecule has 1 heterocycles. The molecule has 6 nitrogen and oxygen atoms in total. The average Bonchev–Trinajstić information content (AvgIpc) is 3.49. The molecule has 3 aromatic rings. The summed E-state index contributed by atoms with van der Waals surface area (Å²) >= 11 is 6.44. The number of hydrogen-bond acceptors (Lipinski definition) is 3. The Morgan fingerprint density at radius 1 is 1.00 bits per heavy atom. The third-order valence-electron chi connectivity index (χ3n) is 4.59. The van der Waals surface area contributed by atoms with Gasteiger partial charge in [0.25, 0.3) is 5.91 Å². The van der Waals surface area contributed by atoms with E-state index in [1.54, 1.807) is 35.9 Å². The summed E-state index contributed by atoms with van der Waals surface area (Å²) in [5.41, 5.74) is 2.97. The van der Waals surface area contributed by atoms with Gasteiger partial charge < -0.3 is 10.6 Å². The van der Waals surface area contributed by atoms with Gasteiger partial charge in [-0.05, 0) is 56.2 Å². The number of nitrogens with one attached hydrogen (secondary N) is 2. The van der Waals surface area contributed by atoms with Crippen molar-refractivity contribution in [1.29, 1.82) is 0 Å². The molecular weight excluding hydrogens is 376 g/mol. The van der Waals surface area contributed by atoms with Crippen LogP contribution in [0.5, 0.6) is 0 Å². The monoisotopic (exact) mass is 394 g/mol. The summed E-state index contributed by atoms with van der Waals surface area (Å²) < 4.78 is 1.54. The van der Waals surface area contributed by atoms with Gasteiger partial charge in [0.2, 0.25) is 5.91 Å². The van der Waals surface area contributed by atoms with Crippen molar-refractivity contribution in [2.75, 3.05) is 10.6 Å². The number of carbonyl (C=O) groups is 2. The first-order valence-corrected chi connectivity index (χ1v) is 9.43. The second-order valence-electron chi connectivity index (χ2n) is 6.79. The van der Waals surface area contributed by atoms with Gasteiger partial charge in [0.05, 0.1) is 11.4 Å². The molecule has 0 aliphatic heterocycles. The van der Waals surface area contributed by atoms with E-state index < -0.39 is 0 Å². The molecule has 0 radical (unpaired) electrons. The van der Waals surface area contributed by atoms with Crippen LogP contribution in [0.25, 0.3) is 5.69 Å². The first kappa shape index (κ1) is 18.3. The van der Waals surface area contributed by atoms with E-state index in [4.69, 9.17) is 11.6 Å². The summed E-state index contributed by atoms with van der Waals surface area (Å²) in [6.07, 6.45) is 1.91. The van der Waals surface area contributed by atoms with Crippen molar-refractivity contribution in [3.05, 3.63) is 71.0 Å². The Hall–Kier alpha value is -3.12. The maximum absolute atomic E-state index is 12.7. The molecule has 2 N–H and O–H groups in total. The number of rotatable bonds is 5. The number of halogens is 1. The van der Waals surface area contributed by atoms with Crippen molar-refractivity contribution in [1.82, 2.24) is 9.78 Å². The lowest BCUT2D eigenvalue weighted by Gasteiger charge is -2.08. The lowest BCUT2D eigenvalue weighted by molar-refractivity contribution is -0.117. The largest absolute Gasteiger partial charge is 0.326 e. The minimum absolute atomic E-state index is 0.0486. The van der Waals surface area contributed by atoms with E-state index in [0.717, 1.165) is 18.5 Å². The standard InChI is InChI=1S/C21H19ClN4O2/c1-13-18(19(22)26(25-13)17-5-3-2-4-6-17)21(28)24-16-11-9-15(10-12-16)23-20(27)14-7-8-14/h2-6,9-12,14H,7-8H2,1H3,(H,23,27)(H,24,28). The highest BCUT2D eigenvalue weighted by atomic mass is 35.5. The van der Waals surface area contributed by atoms with Crippen molar-refractivity contribution in [3.63, 3.8) is 0 Å². The summed E-state index contributed by atoms with van der Waals surface area (Å²) in [6.45, 7) is 1.75. The van der Waals surface area contributed by atoms with E-state index in [0.29, 0.717) is 22.6 Å². The lowest BCUT2D eigenvalue weighted by atomic mass is 10.2. The zero-order valence-electron chi connectivity index (χ0n) is 15.3. The van der Waals surface area contributed by atoms with E-state index in [1.807, 2.05) is 30.3 Å². The maximum Gasteiger partial charge on any atom is 0.260 e. The minimum atomic E-state index is -0.334. The van der Waals surface area contributed by atoms with Gasteiger partial charge in [-0.1, -0.05) is 29.8 Å². The van der Waals surface area contributed by atoms with Gasteiger partial charge in [0, 0.05) is 17.3 Å². The molecule has 0 unspecified atom stereocenters. The second-order valence-corrected chi connectivity index (χ2v) is 7.15. The maximum atomic E-state index is 12.7. The van der Waals surface area contributed by atoms with Crippen LogP contribution < -0.4 is 10.6 Å². The predicted molar refractivity (Wildman–Crippen MR) is 109 cm³/mol. The molecule has 2 aromatic carbocycles. The molecule has 1 aliphatic carbocycles. The van der Waals surface area contributed by atoms with E-state index in [9.17, 15) is 9.59 Å². The average molecular weight is 395 g/mol. The van der Waals surface area contributed by atoms with Crippen LogP contribution in [-0.4, -0.2) is 21.6 Å². The number of aryl methyl sites for hydroxylation is 1. The second kappa shape index (κ2) is 7.48. The summed E-state index contributed by atoms with van der Waals surface area (Å²) in [5.74, 6) is -0.141. The van der Waals surface area contributed by atoms with Crippen molar-refractivity contribution >= 4 is 34.8 Å². The molecular formula is C21H19ClN4O2. The summed E-state index contributed by atoms with van der Waals surface area (Å²) in [6, 6.07) is 16.4. The van der Waals surface area contributed by atoms with Crippen LogP contribution >= 0.6 is 11.6 Å². The minimum Gasteiger partial charge on any atom is -0.326 e. The Morgan fingerprint density at radius 2 is 1.61 bits per heavy atom. The van der Waals surface area contributed by atoms with Crippen molar-refractivity contribution < 1.29 is 9.59 Å². The number of aromatic nitrogens is 2. The van der Waals surface area contributed by atoms with Crippen LogP contribution in [0.3, 0.4) is 0 Å². The van der Waals surface area contributed by atoms with E-state index in [1.165, 1.54) is 0 Å². The van der Waals surface area contributed by atoms with Gasteiger partial charge in [-0.3, -0.25) is 9.59 Å². The molecule has 1 aliphatic rings. The quantitative estimate of drug-likeness (QED) is 0.671. The molecule has 1 saturated carbocycles. The number of carbonyl (C=O) groups excluding carboxylic acids is 2. The summed E-state index contributed by atoms with van der Waals surface area (Å²) in [4.78, 5) is 24.6. The highest BCUT2D eigenvalue weighted by Crippen LogP contribution is 2.30. The number of anilines is 2. The van der Waals surface area contributed by atoms with Crippen LogP contribution in [0.15, 0.2) is 54.6 Å². The summed E-state index contributed by atoms with van der Waals surface area (Å²) in [5, 5.41) is 10.3. The van der Waals surface area contributed by atoms with Gasteiger partial charge in [0.1, 0.15) is 10.7 Å². The Labute approximate surface area is 167 Å². The van der Waals surface area contributed by atoms with E-state index in [-0.39, 0.29) is 22.9 Å². The van der Waals surface area contributed by atoms with Gasteiger partial charge in [-0.2, -0.15) is 5.10 Å². The SMILES string of the molecule is Cc1nn(-c2ccccc2)c(Cl)c1C(=O)Nc1ccc(NC(=O)C2CC2)cc1. The van der Waals surface area contributed by atoms with E-state index >= 15 is 0 Å². The number of hydrogen-bond donors (Lipinski definition) is 2. The molecule has 1 aromatic heterocycles. The first-order chi connectivity index (χ1) is 13.5. The molecule has 7 heteroatoms. The number of amides is 2. The Kier molecular flexibility index (Phi) is 4.88. The third kappa shape index (κ3) is 3.77. The fourth-order valence-corrected chi connectivity index (χ4v) is 3.28. The first-order valence-electron chi connectivity index (χ1n) is 9.06. The predicted octanol–water partition coefficient (Wildman–Crippen LogP) is 4.43. The Bertz CT molecular complexity index is 1020. The molecule has 2 amide bonds. The molecule has 0 spiro atoms. The van der Waals surface area contributed by atoms with Crippen LogP contribution in [0.2, 0.25) is 5.15 Å². The Balaban J connectivity index is 1.49. The molecule has 4 rings (SSSR count). The molecule has 0 bridgehead atoms. The molecule has 142 valence electrons. The molecule has 28 heavy (non-hydrogen) atoms. The lowest BCUT2D eigenvalue weighted by Crippen LogP contribution is -2.14. The van der Waals surface area contributed by atoms with Gasteiger partial charge in [0.15, 0.2) is 0 Å². The molecule has 1 fully saturated rings. The van der Waals surface area contributed by atoms with Crippen LogP contribution in [0.4, 0.5) is 11.4 Å². The van der Waals surface area contributed by atoms with Gasteiger partial charge >= 0.3 is 0 Å². The van der Waals surface area contributed by atoms with Crippen LogP contribution in [0.1, 0.15) is 28.9 Å². The fourth-order valence-electron chi connectivity index (χ4n) is 2.92. The highest BCUT2D eigenvalue weighted by Gasteiger charge is 2.29. The topological polar surface area (TPSA) is 76.0 Å². The number of benzene rings is 2. The van der Waals surface area contributed by atoms with Gasteiger partial charge in [-0.15, -0.1) is 0 Å². The van der Waals surface area contributed by atoms with E-state index in [2.05, 4.69) is 15.7 Å². The van der Waals surface area contributed by atoms with Crippen molar-refractivity contribution in [2.24, 2.45) is 5.92 Å². The molecule has 0 saturated heterocycles.